The number of carboxylic acid groups (broad SMARTS) is 1. The summed E-state index contributed by atoms with van der Waals surface area (Å²) in [6.07, 6.45) is 16.4. The van der Waals surface area contributed by atoms with Gasteiger partial charge in [0.15, 0.2) is 52.0 Å². The molecule has 0 radical (unpaired) electrons. The molecular weight excluding hydrogens is 1550 g/mol. The molecule has 4 aliphatic heterocycles. The standard InChI is InChI=1S/C42H43N5O6S3.C21H25N3O2S3.C21H20N2O5/c1-42(2,56-54-5)15-14-32(48)37-20-27-17-25(12-13-36(27)55-37)18-33(49)40-45-38(24-46(40)3)44-39(50)11-8-16-53-35-22-30-29(21-34(35)52-4)41(51)47-28(23-43-30)19-26-9-6-7-10-31(26)47;1-21(2,29-27-4)8-7-15(25)18-11-14-9-13(5-6-17(14)28-18)10-16(26)20-23-19(22)12-24(20)3;1-27-18-10-15-16(11-19(18)28-8-4-7-20(24)25)22-12-14-9-13-5-2-3-6-17(13)23(14)21(15)26/h6-7,9-10,12-13,17,20-24,28H,8,11,14-16,18-19H2,1-5H3,(H,44,50);5-6,9,11-12H,7-8,10,22H2,1-4H3;2-3,5-6,10-12,14H,4,7-9H2,1H3,(H,24,25)/t28-;;14-/m0.0/s1. The number of imidazole rings is 2. The molecule has 0 fully saturated rings. The molecule has 0 bridgehead atoms. The minimum absolute atomic E-state index is 0.0227. The van der Waals surface area contributed by atoms with Gasteiger partial charge < -0.3 is 44.2 Å². The van der Waals surface area contributed by atoms with E-state index in [0.29, 0.717) is 89.2 Å². The Balaban J connectivity index is 0.000000174. The minimum atomic E-state index is -0.867. The molecule has 4 aromatic heterocycles. The smallest absolute Gasteiger partial charge is 0.303 e. The van der Waals surface area contributed by atoms with Crippen LogP contribution in [0.4, 0.5) is 34.4 Å². The molecule has 2 atom stereocenters. The zero-order valence-electron chi connectivity index (χ0n) is 64.4. The summed E-state index contributed by atoms with van der Waals surface area (Å²) in [6, 6.07) is 37.8. The van der Waals surface area contributed by atoms with Crippen molar-refractivity contribution in [2.24, 2.45) is 24.1 Å². The van der Waals surface area contributed by atoms with E-state index in [1.54, 1.807) is 125 Å². The lowest BCUT2D eigenvalue weighted by atomic mass is 10.0. The Labute approximate surface area is 679 Å². The van der Waals surface area contributed by atoms with Crippen molar-refractivity contribution in [1.29, 1.82) is 0 Å². The molecule has 588 valence electrons. The molecule has 8 heterocycles. The highest BCUT2D eigenvalue weighted by Gasteiger charge is 2.39. The molecular formula is C84H88N10O13S6. The maximum atomic E-state index is 13.7. The van der Waals surface area contributed by atoms with Gasteiger partial charge >= 0.3 is 5.97 Å². The highest BCUT2D eigenvalue weighted by molar-refractivity contribution is 8.77. The second-order valence-corrected chi connectivity index (χ2v) is 37.2. The lowest BCUT2D eigenvalue weighted by Crippen LogP contribution is -2.37. The van der Waals surface area contributed by atoms with Gasteiger partial charge in [-0.3, -0.25) is 58.1 Å². The van der Waals surface area contributed by atoms with Gasteiger partial charge in [-0.05, 0) is 160 Å². The van der Waals surface area contributed by atoms with Gasteiger partial charge in [0.05, 0.1) is 71.8 Å². The summed E-state index contributed by atoms with van der Waals surface area (Å²) in [5.74, 6) is 1.56. The number of aliphatic carboxylic acids is 1. The number of nitrogens with two attached hydrogens (primary N) is 1. The zero-order chi connectivity index (χ0) is 80.4. The Morgan fingerprint density at radius 1 is 0.566 bits per heavy atom. The summed E-state index contributed by atoms with van der Waals surface area (Å²) < 4.78 is 28.1. The van der Waals surface area contributed by atoms with E-state index in [1.165, 1.54) is 36.9 Å². The van der Waals surface area contributed by atoms with E-state index < -0.39 is 5.97 Å². The largest absolute Gasteiger partial charge is 0.493 e. The van der Waals surface area contributed by atoms with E-state index in [1.807, 2.05) is 103 Å². The second kappa shape index (κ2) is 36.4. The van der Waals surface area contributed by atoms with E-state index >= 15 is 0 Å². The molecule has 10 aromatic rings. The van der Waals surface area contributed by atoms with Crippen molar-refractivity contribution in [3.8, 4) is 23.0 Å². The van der Waals surface area contributed by atoms with Crippen LogP contribution in [0.15, 0.2) is 144 Å². The fourth-order valence-electron chi connectivity index (χ4n) is 13.8. The zero-order valence-corrected chi connectivity index (χ0v) is 69.3. The van der Waals surface area contributed by atoms with Crippen LogP contribution in [-0.2, 0) is 49.4 Å². The molecule has 4 aliphatic rings. The number of thiophene rings is 2. The van der Waals surface area contributed by atoms with Crippen molar-refractivity contribution < 1.29 is 62.4 Å². The van der Waals surface area contributed by atoms with Gasteiger partial charge in [0.1, 0.15) is 5.82 Å². The summed E-state index contributed by atoms with van der Waals surface area (Å²) in [5.41, 5.74) is 13.3. The number of nitrogen functional groups attached to an aromatic ring is 1. The molecule has 29 heteroatoms. The van der Waals surface area contributed by atoms with Crippen LogP contribution in [0, 0.1) is 0 Å². The molecule has 0 saturated heterocycles. The van der Waals surface area contributed by atoms with E-state index in [2.05, 4.69) is 59.2 Å². The van der Waals surface area contributed by atoms with Crippen molar-refractivity contribution in [2.45, 2.75) is 126 Å². The molecule has 14 rings (SSSR count). The molecule has 0 saturated carbocycles. The van der Waals surface area contributed by atoms with E-state index in [9.17, 15) is 38.4 Å². The van der Waals surface area contributed by atoms with Gasteiger partial charge in [-0.25, -0.2) is 9.97 Å². The van der Waals surface area contributed by atoms with Crippen LogP contribution in [0.5, 0.6) is 23.0 Å². The van der Waals surface area contributed by atoms with Crippen molar-refractivity contribution in [3.05, 3.63) is 189 Å². The fourth-order valence-corrected chi connectivity index (χ4v) is 20.3. The number of hydrogen-bond donors (Lipinski definition) is 3. The third-order valence-corrected chi connectivity index (χ3v) is 27.0. The number of methoxy groups -OCH3 is 2. The first-order valence-electron chi connectivity index (χ1n) is 36.8. The maximum absolute atomic E-state index is 13.7. The number of Topliss-reactive ketones (excluding diaryl/α,β-unsaturated/α-hetero) is 4. The highest BCUT2D eigenvalue weighted by Crippen LogP contribution is 2.45. The van der Waals surface area contributed by atoms with Gasteiger partial charge in [-0.1, -0.05) is 91.7 Å². The van der Waals surface area contributed by atoms with Gasteiger partial charge in [-0.15, -0.1) is 22.7 Å². The minimum Gasteiger partial charge on any atom is -0.493 e. The first-order chi connectivity index (χ1) is 54.2. The normalized spacial score (nSPS) is 14.5. The van der Waals surface area contributed by atoms with Crippen LogP contribution in [-0.4, -0.2) is 145 Å². The number of ketones is 4. The number of nitrogens with one attached hydrogen (secondary N) is 1. The first-order valence-corrected chi connectivity index (χ1v) is 43.5. The molecule has 0 spiro atoms. The number of anilines is 4. The second-order valence-electron chi connectivity index (χ2n) is 28.8. The van der Waals surface area contributed by atoms with Gasteiger partial charge in [0.2, 0.25) is 17.5 Å². The van der Waals surface area contributed by atoms with Crippen molar-refractivity contribution in [3.63, 3.8) is 0 Å². The number of aliphatic imine (C=N–C) groups is 2. The summed E-state index contributed by atoms with van der Waals surface area (Å²) >= 11 is 3.00. The number of ether oxygens (including phenoxy) is 4. The molecule has 4 N–H and O–H groups in total. The topological polar surface area (TPSA) is 299 Å². The Morgan fingerprint density at radius 2 is 1.02 bits per heavy atom. The summed E-state index contributed by atoms with van der Waals surface area (Å²) in [5, 5.41) is 13.5. The number of benzene rings is 6. The number of carboxylic acids is 1. The molecule has 0 unspecified atom stereocenters. The fraction of sp³-hybridized carbons (Fsp3) is 0.333. The number of aromatic nitrogens is 4. The average Bonchev–Trinajstić information content (AvgIpc) is 1.62. The Morgan fingerprint density at radius 3 is 1.46 bits per heavy atom. The summed E-state index contributed by atoms with van der Waals surface area (Å²) in [6.45, 7) is 9.11. The van der Waals surface area contributed by atoms with E-state index in [0.717, 1.165) is 82.8 Å². The van der Waals surface area contributed by atoms with Crippen molar-refractivity contribution in [2.75, 3.05) is 60.8 Å². The predicted octanol–water partition coefficient (Wildman–Crippen LogP) is 17.5. The predicted molar refractivity (Wildman–Crippen MR) is 458 cm³/mol. The van der Waals surface area contributed by atoms with Crippen LogP contribution in [0.1, 0.15) is 163 Å². The van der Waals surface area contributed by atoms with Gasteiger partial charge in [0.25, 0.3) is 11.8 Å². The molecule has 113 heavy (non-hydrogen) atoms. The van der Waals surface area contributed by atoms with Gasteiger partial charge in [-0.2, -0.15) is 0 Å². The van der Waals surface area contributed by atoms with Crippen molar-refractivity contribution in [1.82, 2.24) is 19.1 Å². The van der Waals surface area contributed by atoms with Crippen LogP contribution in [0.2, 0.25) is 0 Å². The lowest BCUT2D eigenvalue weighted by Gasteiger charge is -2.22. The van der Waals surface area contributed by atoms with E-state index in [-0.39, 0.29) is 113 Å². The number of carbonyl (C=O) groups is 8. The number of aryl methyl sites for hydroxylation is 2. The number of nitrogens with zero attached hydrogens (tertiary/aromatic N) is 8. The Hall–Kier alpha value is -10.0. The first kappa shape index (κ1) is 82.4. The van der Waals surface area contributed by atoms with Crippen LogP contribution in [0.3, 0.4) is 0 Å². The lowest BCUT2D eigenvalue weighted by molar-refractivity contribution is -0.137. The number of carbonyl (C=O) groups excluding carboxylic acids is 7. The summed E-state index contributed by atoms with van der Waals surface area (Å²) in [7, 11) is 13.5. The van der Waals surface area contributed by atoms with Gasteiger partial charge in [0, 0.05) is 133 Å². The summed E-state index contributed by atoms with van der Waals surface area (Å²) in [4.78, 5) is 125. The number of para-hydroxylation sites is 2. The molecule has 0 aliphatic carbocycles. The number of fused-ring (bicyclic) bond motifs is 10. The monoisotopic (exact) mass is 1640 g/mol. The number of amides is 3. The Kier molecular flexibility index (Phi) is 26.6. The quantitative estimate of drug-likeness (QED) is 0.0207. The highest BCUT2D eigenvalue weighted by atomic mass is 33.1. The van der Waals surface area contributed by atoms with Crippen LogP contribution < -0.4 is 39.8 Å². The third kappa shape index (κ3) is 20.0. The van der Waals surface area contributed by atoms with Crippen molar-refractivity contribution >= 4 is 180 Å². The molecule has 6 aromatic carbocycles. The van der Waals surface area contributed by atoms with Crippen LogP contribution in [0.25, 0.3) is 20.2 Å². The average molecular weight is 1640 g/mol. The Bertz CT molecular complexity index is 5370. The SMILES string of the molecule is COc1cc2c(cc1OCCCC(=O)Nc1cn(C)c(C(=O)Cc3ccc4sc(C(=O)CCC(C)(C)SSC)cc4c3)n1)N=C[C@@H]1Cc3ccccc3N1C2=O.COc1cc2c(cc1OCCCC(=O)O)N=C[C@@H]1Cc3ccccc3N1C2=O.CSSC(C)(C)CCC(=O)c1cc2cc(CC(=O)c3nc(N)cn3C)ccc2s1. The number of hydrogen-bond acceptors (Lipinski definition) is 23. The molecule has 3 amide bonds. The van der Waals surface area contributed by atoms with E-state index in [4.69, 9.17) is 29.8 Å². The van der Waals surface area contributed by atoms with Crippen LogP contribution >= 0.6 is 65.8 Å². The maximum Gasteiger partial charge on any atom is 0.303 e. The number of rotatable bonds is 31. The third-order valence-electron chi connectivity index (χ3n) is 19.4. The molecule has 23 nitrogen and oxygen atoms in total.